The molecule has 0 N–H and O–H groups in total. The minimum absolute atomic E-state index is 0.00532. The van der Waals surface area contributed by atoms with Gasteiger partial charge < -0.3 is 9.47 Å². The lowest BCUT2D eigenvalue weighted by molar-refractivity contribution is -0.137. The first-order valence-electron chi connectivity index (χ1n) is 9.00. The number of hydrogen-bond acceptors (Lipinski definition) is 4. The van der Waals surface area contributed by atoms with Crippen LogP contribution in [0.2, 0.25) is 0 Å². The van der Waals surface area contributed by atoms with E-state index in [1.165, 1.54) is 29.6 Å². The molecule has 4 rings (SSSR count). The Kier molecular flexibility index (Phi) is 4.94. The number of nitrogens with zero attached hydrogens (tertiary/aromatic N) is 5. The molecular weight excluding hydrogens is 395 g/mol. The molecule has 1 amide bonds. The van der Waals surface area contributed by atoms with E-state index in [2.05, 4.69) is 15.0 Å². The summed E-state index contributed by atoms with van der Waals surface area (Å²) >= 11 is 0. The van der Waals surface area contributed by atoms with Crippen molar-refractivity contribution in [1.29, 1.82) is 0 Å². The topological polar surface area (TPSA) is 63.9 Å². The fourth-order valence-corrected chi connectivity index (χ4v) is 2.97. The number of anilines is 1. The van der Waals surface area contributed by atoms with Crippen molar-refractivity contribution < 1.29 is 18.0 Å². The van der Waals surface area contributed by atoms with Crippen molar-refractivity contribution in [2.24, 2.45) is 0 Å². The first kappa shape index (κ1) is 19.6. The standard InChI is InChI=1S/C21H16F3N5O/c1-28(16-5-3-2-4-6-16)18(30)12-29-13-26-17-11-25-19(27-20(17)29)14-7-9-15(10-8-14)21(22,23)24/h2-11,13H,12H2,1H3. The van der Waals surface area contributed by atoms with E-state index in [4.69, 9.17) is 0 Å². The summed E-state index contributed by atoms with van der Waals surface area (Å²) in [5.41, 5.74) is 1.36. The molecule has 6 nitrogen and oxygen atoms in total. The van der Waals surface area contributed by atoms with Gasteiger partial charge in [0.15, 0.2) is 11.5 Å². The highest BCUT2D eigenvalue weighted by molar-refractivity contribution is 5.93. The highest BCUT2D eigenvalue weighted by atomic mass is 19.4. The molecule has 0 aliphatic heterocycles. The van der Waals surface area contributed by atoms with Gasteiger partial charge in [0.25, 0.3) is 0 Å². The van der Waals surface area contributed by atoms with Gasteiger partial charge >= 0.3 is 6.18 Å². The Morgan fingerprint density at radius 2 is 1.73 bits per heavy atom. The number of hydrogen-bond donors (Lipinski definition) is 0. The molecule has 0 aliphatic carbocycles. The third-order valence-electron chi connectivity index (χ3n) is 4.65. The van der Waals surface area contributed by atoms with Gasteiger partial charge in [0, 0.05) is 18.3 Å². The Bertz CT molecular complexity index is 1190. The third-order valence-corrected chi connectivity index (χ3v) is 4.65. The second-order valence-corrected chi connectivity index (χ2v) is 6.64. The molecule has 0 atom stereocenters. The minimum Gasteiger partial charge on any atom is -0.314 e. The van der Waals surface area contributed by atoms with Gasteiger partial charge in [0.1, 0.15) is 12.1 Å². The van der Waals surface area contributed by atoms with Crippen molar-refractivity contribution in [2.75, 3.05) is 11.9 Å². The maximum Gasteiger partial charge on any atom is 0.416 e. The Balaban J connectivity index is 1.61. The van der Waals surface area contributed by atoms with Crippen LogP contribution in [0.3, 0.4) is 0 Å². The zero-order chi connectivity index (χ0) is 21.3. The summed E-state index contributed by atoms with van der Waals surface area (Å²) in [6.07, 6.45) is -1.43. The molecule has 0 unspecified atom stereocenters. The van der Waals surface area contributed by atoms with Crippen LogP contribution in [0.1, 0.15) is 5.56 Å². The molecule has 9 heteroatoms. The molecule has 152 valence electrons. The Morgan fingerprint density at radius 3 is 2.40 bits per heavy atom. The van der Waals surface area contributed by atoms with E-state index in [0.717, 1.165) is 17.8 Å². The number of carbonyl (C=O) groups is 1. The summed E-state index contributed by atoms with van der Waals surface area (Å²) in [7, 11) is 1.68. The maximum absolute atomic E-state index is 12.8. The van der Waals surface area contributed by atoms with E-state index in [0.29, 0.717) is 16.7 Å². The average Bonchev–Trinajstić information content (AvgIpc) is 3.15. The fourth-order valence-electron chi connectivity index (χ4n) is 2.97. The summed E-state index contributed by atoms with van der Waals surface area (Å²) in [6, 6.07) is 13.8. The van der Waals surface area contributed by atoms with Gasteiger partial charge in [0.2, 0.25) is 5.91 Å². The van der Waals surface area contributed by atoms with E-state index in [1.807, 2.05) is 30.3 Å². The van der Waals surface area contributed by atoms with E-state index >= 15 is 0 Å². The summed E-state index contributed by atoms with van der Waals surface area (Å²) < 4.78 is 39.9. The summed E-state index contributed by atoms with van der Waals surface area (Å²) in [6.45, 7) is 0.00532. The van der Waals surface area contributed by atoms with Crippen LogP contribution >= 0.6 is 0 Å². The zero-order valence-corrected chi connectivity index (χ0v) is 15.8. The number of likely N-dealkylation sites (N-methyl/N-ethyl adjacent to an activating group) is 1. The minimum atomic E-state index is -4.41. The van der Waals surface area contributed by atoms with Gasteiger partial charge in [-0.2, -0.15) is 13.2 Å². The molecule has 2 aromatic heterocycles. The monoisotopic (exact) mass is 411 g/mol. The predicted octanol–water partition coefficient (Wildman–Crippen LogP) is 4.18. The number of fused-ring (bicyclic) bond motifs is 1. The van der Waals surface area contributed by atoms with Crippen molar-refractivity contribution in [3.8, 4) is 11.4 Å². The lowest BCUT2D eigenvalue weighted by Crippen LogP contribution is -2.29. The van der Waals surface area contributed by atoms with E-state index in [-0.39, 0.29) is 18.3 Å². The summed E-state index contributed by atoms with van der Waals surface area (Å²) in [5.74, 6) is 0.0806. The number of para-hydroxylation sites is 1. The molecule has 0 saturated carbocycles. The van der Waals surface area contributed by atoms with Crippen LogP contribution in [0.15, 0.2) is 67.1 Å². The highest BCUT2D eigenvalue weighted by Crippen LogP contribution is 2.30. The predicted molar refractivity (Wildman–Crippen MR) is 106 cm³/mol. The van der Waals surface area contributed by atoms with Crippen LogP contribution in [0.4, 0.5) is 18.9 Å². The SMILES string of the molecule is CN(C(=O)Cn1cnc2cnc(-c3ccc(C(F)(F)F)cc3)nc21)c1ccccc1. The first-order chi connectivity index (χ1) is 14.3. The van der Waals surface area contributed by atoms with Crippen molar-refractivity contribution >= 4 is 22.8 Å². The molecule has 0 spiro atoms. The molecule has 0 bridgehead atoms. The number of alkyl halides is 3. The quantitative estimate of drug-likeness (QED) is 0.506. The molecule has 0 aliphatic rings. The fraction of sp³-hybridized carbons (Fsp3) is 0.143. The van der Waals surface area contributed by atoms with Crippen LogP contribution in [-0.2, 0) is 17.5 Å². The van der Waals surface area contributed by atoms with Crippen molar-refractivity contribution in [3.05, 3.63) is 72.7 Å². The van der Waals surface area contributed by atoms with E-state index in [1.54, 1.807) is 11.6 Å². The van der Waals surface area contributed by atoms with Crippen molar-refractivity contribution in [1.82, 2.24) is 19.5 Å². The van der Waals surface area contributed by atoms with Crippen LogP contribution in [0.25, 0.3) is 22.6 Å². The number of amides is 1. The maximum atomic E-state index is 12.8. The van der Waals surface area contributed by atoms with Crippen molar-refractivity contribution in [3.63, 3.8) is 0 Å². The molecule has 0 saturated heterocycles. The molecule has 2 aromatic carbocycles. The van der Waals surface area contributed by atoms with Crippen LogP contribution in [0, 0.1) is 0 Å². The Labute approximate surface area is 169 Å². The second-order valence-electron chi connectivity index (χ2n) is 6.64. The van der Waals surface area contributed by atoms with E-state index in [9.17, 15) is 18.0 Å². The average molecular weight is 411 g/mol. The van der Waals surface area contributed by atoms with Gasteiger partial charge in [-0.3, -0.25) is 4.79 Å². The second kappa shape index (κ2) is 7.58. The van der Waals surface area contributed by atoms with Gasteiger partial charge in [0.05, 0.1) is 18.1 Å². The van der Waals surface area contributed by atoms with Crippen LogP contribution in [0.5, 0.6) is 0 Å². The van der Waals surface area contributed by atoms with Gasteiger partial charge in [-0.05, 0) is 24.3 Å². The molecule has 4 aromatic rings. The smallest absolute Gasteiger partial charge is 0.314 e. The molecular formula is C21H16F3N5O. The summed E-state index contributed by atoms with van der Waals surface area (Å²) in [4.78, 5) is 27.0. The number of rotatable bonds is 4. The molecule has 2 heterocycles. The van der Waals surface area contributed by atoms with E-state index < -0.39 is 11.7 Å². The van der Waals surface area contributed by atoms with Crippen LogP contribution < -0.4 is 4.90 Å². The normalized spacial score (nSPS) is 11.6. The Hall–Kier alpha value is -3.75. The van der Waals surface area contributed by atoms with Gasteiger partial charge in [-0.1, -0.05) is 30.3 Å². The number of carbonyl (C=O) groups excluding carboxylic acids is 1. The number of halogens is 3. The lowest BCUT2D eigenvalue weighted by atomic mass is 10.1. The van der Waals surface area contributed by atoms with Crippen LogP contribution in [-0.4, -0.2) is 32.5 Å². The number of aromatic nitrogens is 4. The molecule has 0 radical (unpaired) electrons. The van der Waals surface area contributed by atoms with Gasteiger partial charge in [-0.25, -0.2) is 15.0 Å². The number of benzene rings is 2. The highest BCUT2D eigenvalue weighted by Gasteiger charge is 2.30. The Morgan fingerprint density at radius 1 is 1.03 bits per heavy atom. The first-order valence-corrected chi connectivity index (χ1v) is 9.00. The third kappa shape index (κ3) is 3.86. The van der Waals surface area contributed by atoms with Gasteiger partial charge in [-0.15, -0.1) is 0 Å². The lowest BCUT2D eigenvalue weighted by Gasteiger charge is -2.17. The van der Waals surface area contributed by atoms with Crippen molar-refractivity contribution in [2.45, 2.75) is 12.7 Å². The molecule has 30 heavy (non-hydrogen) atoms. The zero-order valence-electron chi connectivity index (χ0n) is 15.8. The summed E-state index contributed by atoms with van der Waals surface area (Å²) in [5, 5.41) is 0. The molecule has 0 fully saturated rings. The number of imidazole rings is 1. The largest absolute Gasteiger partial charge is 0.416 e.